The molecule has 0 aliphatic carbocycles. The molecule has 2 aromatic rings. The molecule has 0 radical (unpaired) electrons. The first-order valence-corrected chi connectivity index (χ1v) is 8.66. The van der Waals surface area contributed by atoms with E-state index in [9.17, 15) is 0 Å². The summed E-state index contributed by atoms with van der Waals surface area (Å²) in [7, 11) is 0. The van der Waals surface area contributed by atoms with Crippen molar-refractivity contribution in [3.8, 4) is 0 Å². The van der Waals surface area contributed by atoms with Crippen molar-refractivity contribution in [2.75, 3.05) is 23.3 Å². The Morgan fingerprint density at radius 1 is 1.20 bits per heavy atom. The fraction of sp³-hybridized carbons (Fsp3) is 0.375. The summed E-state index contributed by atoms with van der Waals surface area (Å²) < 4.78 is 1.16. The van der Waals surface area contributed by atoms with Gasteiger partial charge in [0.2, 0.25) is 0 Å². The molecular weight excluding hydrogens is 332 g/mol. The molecule has 1 unspecified atom stereocenters. The molecule has 0 bridgehead atoms. The van der Waals surface area contributed by atoms with Crippen LogP contribution in [0.3, 0.4) is 0 Å². The van der Waals surface area contributed by atoms with Crippen LogP contribution in [0, 0.1) is 0 Å². The van der Waals surface area contributed by atoms with E-state index in [-0.39, 0.29) is 0 Å². The van der Waals surface area contributed by atoms with Crippen molar-refractivity contribution in [2.24, 2.45) is 0 Å². The lowest BCUT2D eigenvalue weighted by molar-refractivity contribution is 0.865. The normalized spacial score (nSPS) is 12.2. The van der Waals surface area contributed by atoms with Crippen molar-refractivity contribution in [1.82, 2.24) is 0 Å². The second-order valence-electron chi connectivity index (χ2n) is 4.75. The van der Waals surface area contributed by atoms with Gasteiger partial charge in [-0.2, -0.15) is 0 Å². The molecule has 108 valence electrons. The second-order valence-corrected chi connectivity index (χ2v) is 6.61. The van der Waals surface area contributed by atoms with Gasteiger partial charge in [-0.3, -0.25) is 0 Å². The van der Waals surface area contributed by atoms with Gasteiger partial charge < -0.3 is 10.2 Å². The van der Waals surface area contributed by atoms with Gasteiger partial charge in [0.05, 0.1) is 6.04 Å². The molecule has 2 rings (SSSR count). The number of anilines is 2. The molecule has 0 amide bonds. The molecule has 0 aliphatic rings. The van der Waals surface area contributed by atoms with Crippen LogP contribution in [0.4, 0.5) is 11.4 Å². The van der Waals surface area contributed by atoms with Gasteiger partial charge in [-0.25, -0.2) is 0 Å². The number of hydrogen-bond acceptors (Lipinski definition) is 3. The Morgan fingerprint density at radius 2 is 1.85 bits per heavy atom. The SMILES string of the molecule is CCN(CC)c1ccc(NC(C)c2cc(Br)cs2)cc1. The number of nitrogens with one attached hydrogen (secondary N) is 1. The first-order chi connectivity index (χ1) is 9.63. The Hall–Kier alpha value is -1.00. The molecule has 4 heteroatoms. The second kappa shape index (κ2) is 7.14. The molecule has 0 spiro atoms. The minimum Gasteiger partial charge on any atom is -0.378 e. The summed E-state index contributed by atoms with van der Waals surface area (Å²) in [5, 5.41) is 5.67. The van der Waals surface area contributed by atoms with Crippen molar-refractivity contribution < 1.29 is 0 Å². The van der Waals surface area contributed by atoms with E-state index in [1.165, 1.54) is 10.6 Å². The molecule has 0 saturated heterocycles. The van der Waals surface area contributed by atoms with E-state index in [0.29, 0.717) is 6.04 Å². The summed E-state index contributed by atoms with van der Waals surface area (Å²) in [5.74, 6) is 0. The highest BCUT2D eigenvalue weighted by Gasteiger charge is 2.08. The lowest BCUT2D eigenvalue weighted by atomic mass is 10.2. The predicted molar refractivity (Wildman–Crippen MR) is 94.1 cm³/mol. The van der Waals surface area contributed by atoms with Gasteiger partial charge in [0, 0.05) is 39.2 Å². The van der Waals surface area contributed by atoms with Gasteiger partial charge >= 0.3 is 0 Å². The maximum atomic E-state index is 3.54. The van der Waals surface area contributed by atoms with Gasteiger partial charge in [-0.1, -0.05) is 0 Å². The summed E-state index contributed by atoms with van der Waals surface area (Å²) in [5.41, 5.74) is 2.45. The maximum absolute atomic E-state index is 3.54. The van der Waals surface area contributed by atoms with Gasteiger partial charge in [0.25, 0.3) is 0 Å². The van der Waals surface area contributed by atoms with Crippen molar-refractivity contribution in [3.63, 3.8) is 0 Å². The smallest absolute Gasteiger partial charge is 0.0578 e. The molecule has 1 aromatic heterocycles. The molecule has 20 heavy (non-hydrogen) atoms. The zero-order valence-corrected chi connectivity index (χ0v) is 14.6. The standard InChI is InChI=1S/C16H21BrN2S/c1-4-19(5-2)15-8-6-14(7-9-15)18-12(3)16-10-13(17)11-20-16/h6-12,18H,4-5H2,1-3H3. The number of hydrogen-bond donors (Lipinski definition) is 1. The first kappa shape index (κ1) is 15.4. The van der Waals surface area contributed by atoms with Gasteiger partial charge in [0.15, 0.2) is 0 Å². The van der Waals surface area contributed by atoms with E-state index in [2.05, 4.69) is 82.6 Å². The highest BCUT2D eigenvalue weighted by Crippen LogP contribution is 2.28. The minimum atomic E-state index is 0.325. The molecule has 2 nitrogen and oxygen atoms in total. The molecule has 0 saturated carbocycles. The Balaban J connectivity index is 2.03. The Kier molecular flexibility index (Phi) is 5.49. The third kappa shape index (κ3) is 3.76. The Labute approximate surface area is 133 Å². The van der Waals surface area contributed by atoms with Crippen molar-refractivity contribution in [3.05, 3.63) is 45.1 Å². The zero-order valence-electron chi connectivity index (χ0n) is 12.2. The van der Waals surface area contributed by atoms with Crippen LogP contribution in [0.25, 0.3) is 0 Å². The van der Waals surface area contributed by atoms with Gasteiger partial charge in [-0.15, -0.1) is 11.3 Å². The summed E-state index contributed by atoms with van der Waals surface area (Å²) in [6.45, 7) is 8.65. The van der Waals surface area contributed by atoms with Crippen LogP contribution in [0.2, 0.25) is 0 Å². The quantitative estimate of drug-likeness (QED) is 0.735. The van der Waals surface area contributed by atoms with Crippen LogP contribution >= 0.6 is 27.3 Å². The van der Waals surface area contributed by atoms with Crippen LogP contribution in [0.15, 0.2) is 40.2 Å². The fourth-order valence-corrected chi connectivity index (χ4v) is 3.69. The lowest BCUT2D eigenvalue weighted by Gasteiger charge is -2.21. The van der Waals surface area contributed by atoms with E-state index in [1.54, 1.807) is 11.3 Å². The lowest BCUT2D eigenvalue weighted by Crippen LogP contribution is -2.21. The number of thiophene rings is 1. The van der Waals surface area contributed by atoms with Crippen LogP contribution in [0.5, 0.6) is 0 Å². The van der Waals surface area contributed by atoms with E-state index >= 15 is 0 Å². The topological polar surface area (TPSA) is 15.3 Å². The van der Waals surface area contributed by atoms with Gasteiger partial charge in [-0.05, 0) is 67.0 Å². The molecule has 1 heterocycles. The van der Waals surface area contributed by atoms with Crippen LogP contribution in [-0.4, -0.2) is 13.1 Å². The van der Waals surface area contributed by atoms with Crippen molar-refractivity contribution in [1.29, 1.82) is 0 Å². The van der Waals surface area contributed by atoms with Gasteiger partial charge in [0.1, 0.15) is 0 Å². The molecule has 0 aliphatic heterocycles. The van der Waals surface area contributed by atoms with Crippen LogP contribution in [0.1, 0.15) is 31.7 Å². The number of nitrogens with zero attached hydrogens (tertiary/aromatic N) is 1. The summed E-state index contributed by atoms with van der Waals surface area (Å²) >= 11 is 5.28. The third-order valence-corrected chi connectivity index (χ3v) is 5.27. The molecule has 1 aromatic carbocycles. The summed E-state index contributed by atoms with van der Waals surface area (Å²) in [6.07, 6.45) is 0. The van der Waals surface area contributed by atoms with Crippen molar-refractivity contribution >= 4 is 38.6 Å². The highest BCUT2D eigenvalue weighted by molar-refractivity contribution is 9.10. The summed E-state index contributed by atoms with van der Waals surface area (Å²) in [4.78, 5) is 3.69. The molecule has 0 fully saturated rings. The zero-order chi connectivity index (χ0) is 14.5. The number of rotatable bonds is 6. The molecular formula is C16H21BrN2S. The monoisotopic (exact) mass is 352 g/mol. The largest absolute Gasteiger partial charge is 0.378 e. The number of halogens is 1. The van der Waals surface area contributed by atoms with E-state index < -0.39 is 0 Å². The summed E-state index contributed by atoms with van der Waals surface area (Å²) in [6, 6.07) is 11.2. The average Bonchev–Trinajstić information content (AvgIpc) is 2.89. The Morgan fingerprint density at radius 3 is 2.35 bits per heavy atom. The minimum absolute atomic E-state index is 0.325. The average molecular weight is 353 g/mol. The van der Waals surface area contributed by atoms with E-state index in [4.69, 9.17) is 0 Å². The van der Waals surface area contributed by atoms with Crippen LogP contribution < -0.4 is 10.2 Å². The van der Waals surface area contributed by atoms with E-state index in [0.717, 1.165) is 23.2 Å². The first-order valence-electron chi connectivity index (χ1n) is 6.99. The van der Waals surface area contributed by atoms with Crippen LogP contribution in [-0.2, 0) is 0 Å². The number of benzene rings is 1. The fourth-order valence-electron chi connectivity index (χ4n) is 2.23. The maximum Gasteiger partial charge on any atom is 0.0578 e. The Bertz CT molecular complexity index is 532. The third-order valence-electron chi connectivity index (χ3n) is 3.39. The highest BCUT2D eigenvalue weighted by atomic mass is 79.9. The van der Waals surface area contributed by atoms with E-state index in [1.807, 2.05) is 0 Å². The molecule has 1 atom stereocenters. The molecule has 1 N–H and O–H groups in total. The predicted octanol–water partition coefficient (Wildman–Crippen LogP) is 5.53. The van der Waals surface area contributed by atoms with Crippen molar-refractivity contribution in [2.45, 2.75) is 26.8 Å².